The largest absolute Gasteiger partial charge is 0.366 e. The SMILES string of the molecule is Cc1csc(Sc2nccnc2NC(C)C)n1. The molecule has 0 saturated carbocycles. The Kier molecular flexibility index (Phi) is 3.96. The molecule has 0 spiro atoms. The van der Waals surface area contributed by atoms with Crippen LogP contribution in [0.4, 0.5) is 5.82 Å². The van der Waals surface area contributed by atoms with E-state index in [4.69, 9.17) is 0 Å². The van der Waals surface area contributed by atoms with E-state index in [0.29, 0.717) is 6.04 Å². The fraction of sp³-hybridized carbons (Fsp3) is 0.364. The summed E-state index contributed by atoms with van der Waals surface area (Å²) in [5, 5.41) is 6.19. The fourth-order valence-corrected chi connectivity index (χ4v) is 3.01. The zero-order valence-corrected chi connectivity index (χ0v) is 11.6. The third-order valence-corrected chi connectivity index (χ3v) is 3.92. The third-order valence-electron chi connectivity index (χ3n) is 1.87. The lowest BCUT2D eigenvalue weighted by Gasteiger charge is -2.10. The van der Waals surface area contributed by atoms with Crippen LogP contribution in [0.3, 0.4) is 0 Å². The Morgan fingerprint density at radius 2 is 2.06 bits per heavy atom. The summed E-state index contributed by atoms with van der Waals surface area (Å²) in [7, 11) is 0. The molecule has 0 aliphatic carbocycles. The van der Waals surface area contributed by atoms with E-state index in [-0.39, 0.29) is 0 Å². The Balaban J connectivity index is 2.20. The lowest BCUT2D eigenvalue weighted by molar-refractivity contribution is 0.869. The predicted molar refractivity (Wildman–Crippen MR) is 71.8 cm³/mol. The first-order valence-corrected chi connectivity index (χ1v) is 7.02. The van der Waals surface area contributed by atoms with E-state index >= 15 is 0 Å². The number of hydrogen-bond acceptors (Lipinski definition) is 6. The molecule has 1 N–H and O–H groups in total. The van der Waals surface area contributed by atoms with E-state index in [1.807, 2.05) is 12.3 Å². The van der Waals surface area contributed by atoms with Gasteiger partial charge in [-0.05, 0) is 32.5 Å². The van der Waals surface area contributed by atoms with Crippen molar-refractivity contribution in [3.63, 3.8) is 0 Å². The van der Waals surface area contributed by atoms with Crippen LogP contribution in [-0.2, 0) is 0 Å². The van der Waals surface area contributed by atoms with Gasteiger partial charge in [0.1, 0.15) is 5.03 Å². The summed E-state index contributed by atoms with van der Waals surface area (Å²) in [5.74, 6) is 0.820. The molecule has 0 aliphatic rings. The van der Waals surface area contributed by atoms with Gasteiger partial charge in [0.2, 0.25) is 0 Å². The van der Waals surface area contributed by atoms with E-state index in [9.17, 15) is 0 Å². The quantitative estimate of drug-likeness (QED) is 0.921. The molecule has 2 rings (SSSR count). The number of rotatable bonds is 4. The molecule has 6 heteroatoms. The van der Waals surface area contributed by atoms with Gasteiger partial charge in [-0.25, -0.2) is 15.0 Å². The second-order valence-corrected chi connectivity index (χ2v) is 5.96. The predicted octanol–water partition coefficient (Wildman–Crippen LogP) is 3.21. The van der Waals surface area contributed by atoms with Crippen LogP contribution < -0.4 is 5.32 Å². The van der Waals surface area contributed by atoms with Crippen molar-refractivity contribution in [1.29, 1.82) is 0 Å². The van der Waals surface area contributed by atoms with Gasteiger partial charge in [-0.15, -0.1) is 11.3 Å². The zero-order valence-electron chi connectivity index (χ0n) is 9.97. The third kappa shape index (κ3) is 3.41. The summed E-state index contributed by atoms with van der Waals surface area (Å²) >= 11 is 3.18. The normalized spacial score (nSPS) is 10.8. The topological polar surface area (TPSA) is 50.7 Å². The molecular formula is C11H14N4S2. The van der Waals surface area contributed by atoms with E-state index in [0.717, 1.165) is 20.9 Å². The highest BCUT2D eigenvalue weighted by molar-refractivity contribution is 8.01. The zero-order chi connectivity index (χ0) is 12.3. The van der Waals surface area contributed by atoms with Crippen molar-refractivity contribution in [1.82, 2.24) is 15.0 Å². The van der Waals surface area contributed by atoms with Crippen LogP contribution in [0.1, 0.15) is 19.5 Å². The lowest BCUT2D eigenvalue weighted by atomic mass is 10.4. The molecule has 0 fully saturated rings. The lowest BCUT2D eigenvalue weighted by Crippen LogP contribution is -2.12. The Labute approximate surface area is 109 Å². The number of nitrogens with one attached hydrogen (secondary N) is 1. The first kappa shape index (κ1) is 12.3. The van der Waals surface area contributed by atoms with Gasteiger partial charge in [0.25, 0.3) is 0 Å². The number of anilines is 1. The van der Waals surface area contributed by atoms with Crippen molar-refractivity contribution in [2.24, 2.45) is 0 Å². The smallest absolute Gasteiger partial charge is 0.159 e. The minimum Gasteiger partial charge on any atom is -0.366 e. The van der Waals surface area contributed by atoms with E-state index < -0.39 is 0 Å². The van der Waals surface area contributed by atoms with Crippen LogP contribution >= 0.6 is 23.1 Å². The summed E-state index contributed by atoms with van der Waals surface area (Å²) in [5.41, 5.74) is 1.04. The molecule has 0 aromatic carbocycles. The summed E-state index contributed by atoms with van der Waals surface area (Å²) in [4.78, 5) is 13.1. The van der Waals surface area contributed by atoms with Gasteiger partial charge in [-0.1, -0.05) is 0 Å². The number of thiazole rings is 1. The minimum absolute atomic E-state index is 0.337. The molecular weight excluding hydrogens is 252 g/mol. The van der Waals surface area contributed by atoms with Gasteiger partial charge in [0.05, 0.1) is 0 Å². The van der Waals surface area contributed by atoms with Crippen LogP contribution in [0.2, 0.25) is 0 Å². The number of aryl methyl sites for hydroxylation is 1. The maximum Gasteiger partial charge on any atom is 0.159 e. The monoisotopic (exact) mass is 266 g/mol. The standard InChI is InChI=1S/C11H14N4S2/c1-7(2)14-9-10(13-5-4-12-9)17-11-15-8(3)6-16-11/h4-7H,1-3H3,(H,12,14). The molecule has 2 heterocycles. The van der Waals surface area contributed by atoms with Crippen LogP contribution in [-0.4, -0.2) is 21.0 Å². The van der Waals surface area contributed by atoms with Crippen LogP contribution in [0.25, 0.3) is 0 Å². The summed E-state index contributed by atoms with van der Waals surface area (Å²) in [6, 6.07) is 0.337. The highest BCUT2D eigenvalue weighted by atomic mass is 32.2. The highest BCUT2D eigenvalue weighted by Gasteiger charge is 2.10. The summed E-state index contributed by atoms with van der Waals surface area (Å²) < 4.78 is 0.995. The first-order chi connectivity index (χ1) is 8.15. The Morgan fingerprint density at radius 1 is 1.29 bits per heavy atom. The van der Waals surface area contributed by atoms with Crippen molar-refractivity contribution in [3.05, 3.63) is 23.5 Å². The fourth-order valence-electron chi connectivity index (χ4n) is 1.23. The molecule has 90 valence electrons. The van der Waals surface area contributed by atoms with Crippen molar-refractivity contribution >= 4 is 28.9 Å². The molecule has 2 aromatic heterocycles. The van der Waals surface area contributed by atoms with Gasteiger partial charge >= 0.3 is 0 Å². The van der Waals surface area contributed by atoms with Crippen LogP contribution in [0.15, 0.2) is 27.1 Å². The molecule has 0 aliphatic heterocycles. The van der Waals surface area contributed by atoms with Crippen LogP contribution in [0.5, 0.6) is 0 Å². The van der Waals surface area contributed by atoms with Gasteiger partial charge in [-0.2, -0.15) is 0 Å². The van der Waals surface area contributed by atoms with Crippen molar-refractivity contribution in [2.45, 2.75) is 36.2 Å². The van der Waals surface area contributed by atoms with Crippen LogP contribution in [0, 0.1) is 6.92 Å². The Hall–Kier alpha value is -1.14. The summed E-state index contributed by atoms with van der Waals surface area (Å²) in [6.07, 6.45) is 3.40. The maximum atomic E-state index is 4.41. The summed E-state index contributed by atoms with van der Waals surface area (Å²) in [6.45, 7) is 6.15. The molecule has 0 unspecified atom stereocenters. The van der Waals surface area contributed by atoms with Crippen molar-refractivity contribution in [2.75, 3.05) is 5.32 Å². The number of aromatic nitrogens is 3. The van der Waals surface area contributed by atoms with E-state index in [1.54, 1.807) is 35.5 Å². The molecule has 0 amide bonds. The molecule has 4 nitrogen and oxygen atoms in total. The number of nitrogens with zero attached hydrogens (tertiary/aromatic N) is 3. The molecule has 0 bridgehead atoms. The van der Waals surface area contributed by atoms with Crippen molar-refractivity contribution in [3.8, 4) is 0 Å². The van der Waals surface area contributed by atoms with E-state index in [2.05, 4.69) is 34.1 Å². The highest BCUT2D eigenvalue weighted by Crippen LogP contribution is 2.32. The molecule has 0 radical (unpaired) electrons. The second kappa shape index (κ2) is 5.46. The van der Waals surface area contributed by atoms with Gasteiger partial charge < -0.3 is 5.32 Å². The molecule has 0 saturated heterocycles. The Morgan fingerprint density at radius 3 is 2.71 bits per heavy atom. The second-order valence-electron chi connectivity index (χ2n) is 3.87. The van der Waals surface area contributed by atoms with E-state index in [1.165, 1.54) is 0 Å². The minimum atomic E-state index is 0.337. The maximum absolute atomic E-state index is 4.41. The van der Waals surface area contributed by atoms with Gasteiger partial charge in [0.15, 0.2) is 10.2 Å². The molecule has 2 aromatic rings. The molecule has 0 atom stereocenters. The average Bonchev–Trinajstić information content (AvgIpc) is 2.66. The first-order valence-electron chi connectivity index (χ1n) is 5.32. The Bertz CT molecular complexity index is 496. The van der Waals surface area contributed by atoms with Crippen molar-refractivity contribution < 1.29 is 0 Å². The average molecular weight is 266 g/mol. The number of hydrogen-bond donors (Lipinski definition) is 1. The van der Waals surface area contributed by atoms with Gasteiger partial charge in [0, 0.05) is 29.5 Å². The van der Waals surface area contributed by atoms with Gasteiger partial charge in [-0.3, -0.25) is 0 Å². The molecule has 17 heavy (non-hydrogen) atoms.